The van der Waals surface area contributed by atoms with Crippen molar-refractivity contribution < 1.29 is 0 Å². The summed E-state index contributed by atoms with van der Waals surface area (Å²) in [5.74, 6) is 0. The van der Waals surface area contributed by atoms with Crippen LogP contribution in [0, 0.1) is 5.41 Å². The number of aromatic nitrogens is 1. The quantitative estimate of drug-likeness (QED) is 0.838. The van der Waals surface area contributed by atoms with Crippen LogP contribution in [-0.2, 0) is 0 Å². The van der Waals surface area contributed by atoms with E-state index in [2.05, 4.69) is 24.1 Å². The molecule has 1 aliphatic carbocycles. The lowest BCUT2D eigenvalue weighted by Crippen LogP contribution is -2.09. The fraction of sp³-hybridized carbons (Fsp3) is 0.667. The second-order valence-corrected chi connectivity index (χ2v) is 5.13. The second-order valence-electron chi connectivity index (χ2n) is 3.88. The van der Waals surface area contributed by atoms with Gasteiger partial charge in [-0.2, -0.15) is 0 Å². The predicted octanol–water partition coefficient (Wildman–Crippen LogP) is 3.40. The van der Waals surface area contributed by atoms with Gasteiger partial charge in [0.05, 0.1) is 0 Å². The maximum atomic E-state index is 5.73. The summed E-state index contributed by atoms with van der Waals surface area (Å²) < 4.78 is 0. The molecule has 4 heteroatoms. The van der Waals surface area contributed by atoms with E-state index in [1.165, 1.54) is 12.8 Å². The second kappa shape index (κ2) is 3.14. The Morgan fingerprint density at radius 3 is 3.08 bits per heavy atom. The normalized spacial score (nSPS) is 31.8. The number of nitrogens with zero attached hydrogens (tertiary/aromatic N) is 1. The van der Waals surface area contributed by atoms with Crippen molar-refractivity contribution in [3.63, 3.8) is 0 Å². The molecule has 0 aromatic carbocycles. The van der Waals surface area contributed by atoms with Gasteiger partial charge in [0, 0.05) is 11.4 Å². The van der Waals surface area contributed by atoms with Gasteiger partial charge in [0.25, 0.3) is 0 Å². The first-order chi connectivity index (χ1) is 6.14. The summed E-state index contributed by atoms with van der Waals surface area (Å²) in [6, 6.07) is 0.597. The summed E-state index contributed by atoms with van der Waals surface area (Å²) in [5, 5.41) is 6.80. The molecule has 2 atom stereocenters. The van der Waals surface area contributed by atoms with Gasteiger partial charge < -0.3 is 5.32 Å². The number of nitrogens with one attached hydrogen (secondary N) is 1. The molecule has 0 bridgehead atoms. The summed E-state index contributed by atoms with van der Waals surface area (Å²) in [6.45, 7) is 4.54. The van der Waals surface area contributed by atoms with Crippen LogP contribution < -0.4 is 5.32 Å². The Balaban J connectivity index is 1.94. The Morgan fingerprint density at radius 2 is 2.62 bits per heavy atom. The largest absolute Gasteiger partial charge is 0.358 e. The molecule has 1 aromatic rings. The van der Waals surface area contributed by atoms with E-state index in [4.69, 9.17) is 11.6 Å². The lowest BCUT2D eigenvalue weighted by Gasteiger charge is -2.07. The average Bonchev–Trinajstić information content (AvgIpc) is 2.53. The number of hydrogen-bond donors (Lipinski definition) is 1. The first-order valence-electron chi connectivity index (χ1n) is 4.51. The molecule has 0 radical (unpaired) electrons. The van der Waals surface area contributed by atoms with Crippen molar-refractivity contribution in [2.75, 3.05) is 5.32 Å². The highest BCUT2D eigenvalue weighted by Crippen LogP contribution is 2.50. The lowest BCUT2D eigenvalue weighted by molar-refractivity contribution is 0.535. The van der Waals surface area contributed by atoms with E-state index < -0.39 is 0 Å². The monoisotopic (exact) mass is 216 g/mol. The predicted molar refractivity (Wildman–Crippen MR) is 57.5 cm³/mol. The molecule has 0 aliphatic heterocycles. The topological polar surface area (TPSA) is 24.9 Å². The van der Waals surface area contributed by atoms with Crippen LogP contribution in [0.5, 0.6) is 0 Å². The van der Waals surface area contributed by atoms with Gasteiger partial charge in [-0.1, -0.05) is 25.4 Å². The zero-order valence-electron chi connectivity index (χ0n) is 7.80. The van der Waals surface area contributed by atoms with Crippen molar-refractivity contribution in [3.8, 4) is 0 Å². The SMILES string of the molecule is CCC1(C)CC1Nc1nc(Cl)cs1. The van der Waals surface area contributed by atoms with Gasteiger partial charge in [0.2, 0.25) is 0 Å². The van der Waals surface area contributed by atoms with Crippen molar-refractivity contribution in [3.05, 3.63) is 10.5 Å². The number of thiazole rings is 1. The van der Waals surface area contributed by atoms with Crippen LogP contribution in [-0.4, -0.2) is 11.0 Å². The first kappa shape index (κ1) is 9.28. The third-order valence-electron chi connectivity index (χ3n) is 2.93. The fourth-order valence-corrected chi connectivity index (χ4v) is 2.38. The maximum Gasteiger partial charge on any atom is 0.184 e. The molecule has 1 fully saturated rings. The van der Waals surface area contributed by atoms with Crippen molar-refractivity contribution >= 4 is 28.1 Å². The van der Waals surface area contributed by atoms with Gasteiger partial charge in [0.1, 0.15) is 5.15 Å². The Labute approximate surface area is 87.3 Å². The zero-order valence-corrected chi connectivity index (χ0v) is 9.37. The average molecular weight is 217 g/mol. The number of hydrogen-bond acceptors (Lipinski definition) is 3. The van der Waals surface area contributed by atoms with E-state index in [-0.39, 0.29) is 0 Å². The van der Waals surface area contributed by atoms with Crippen molar-refractivity contribution in [2.45, 2.75) is 32.7 Å². The standard InChI is InChI=1S/C9H13ClN2S/c1-3-9(2)4-6(9)11-8-12-7(10)5-13-8/h5-6H,3-4H2,1-2H3,(H,11,12). The Bertz CT molecular complexity index is 312. The van der Waals surface area contributed by atoms with E-state index in [0.717, 1.165) is 5.13 Å². The molecule has 1 heterocycles. The van der Waals surface area contributed by atoms with Gasteiger partial charge in [-0.05, 0) is 18.3 Å². The van der Waals surface area contributed by atoms with Crippen LogP contribution >= 0.6 is 22.9 Å². The van der Waals surface area contributed by atoms with Crippen LogP contribution in [0.1, 0.15) is 26.7 Å². The zero-order chi connectivity index (χ0) is 9.47. The minimum absolute atomic E-state index is 0.484. The number of rotatable bonds is 3. The highest BCUT2D eigenvalue weighted by Gasteiger charge is 2.48. The van der Waals surface area contributed by atoms with Crippen molar-refractivity contribution in [1.29, 1.82) is 0 Å². The van der Waals surface area contributed by atoms with Crippen LogP contribution in [0.15, 0.2) is 5.38 Å². The molecule has 0 spiro atoms. The third-order valence-corrected chi connectivity index (χ3v) is 4.03. The molecule has 0 amide bonds. The molecule has 2 unspecified atom stereocenters. The molecular formula is C9H13ClN2S. The summed E-state index contributed by atoms with van der Waals surface area (Å²) >= 11 is 7.30. The fourth-order valence-electron chi connectivity index (χ4n) is 1.49. The third kappa shape index (κ3) is 1.81. The molecule has 1 saturated carbocycles. The van der Waals surface area contributed by atoms with E-state index in [0.29, 0.717) is 16.6 Å². The first-order valence-corrected chi connectivity index (χ1v) is 5.77. The smallest absolute Gasteiger partial charge is 0.184 e. The van der Waals surface area contributed by atoms with Gasteiger partial charge in [-0.25, -0.2) is 4.98 Å². The van der Waals surface area contributed by atoms with Crippen LogP contribution in [0.2, 0.25) is 5.15 Å². The summed E-state index contributed by atoms with van der Waals surface area (Å²) in [4.78, 5) is 4.16. The van der Waals surface area contributed by atoms with Crippen molar-refractivity contribution in [1.82, 2.24) is 4.98 Å². The van der Waals surface area contributed by atoms with Gasteiger partial charge >= 0.3 is 0 Å². The number of anilines is 1. The van der Waals surface area contributed by atoms with Crippen molar-refractivity contribution in [2.24, 2.45) is 5.41 Å². The molecule has 1 aliphatic rings. The van der Waals surface area contributed by atoms with Gasteiger partial charge in [-0.3, -0.25) is 0 Å². The molecule has 1 aromatic heterocycles. The summed E-state index contributed by atoms with van der Waals surface area (Å²) in [5.41, 5.74) is 0.484. The van der Waals surface area contributed by atoms with Gasteiger partial charge in [-0.15, -0.1) is 11.3 Å². The van der Waals surface area contributed by atoms with E-state index in [1.807, 2.05) is 5.38 Å². The van der Waals surface area contributed by atoms with E-state index in [9.17, 15) is 0 Å². The summed E-state index contributed by atoms with van der Waals surface area (Å²) in [6.07, 6.45) is 2.48. The highest BCUT2D eigenvalue weighted by atomic mass is 35.5. The lowest BCUT2D eigenvalue weighted by atomic mass is 10.1. The molecule has 2 rings (SSSR count). The molecule has 1 N–H and O–H groups in total. The molecule has 72 valence electrons. The minimum atomic E-state index is 0.484. The highest BCUT2D eigenvalue weighted by molar-refractivity contribution is 7.14. The molecule has 2 nitrogen and oxygen atoms in total. The maximum absolute atomic E-state index is 5.73. The van der Waals surface area contributed by atoms with Gasteiger partial charge in [0.15, 0.2) is 5.13 Å². The van der Waals surface area contributed by atoms with Crippen LogP contribution in [0.25, 0.3) is 0 Å². The van der Waals surface area contributed by atoms with E-state index >= 15 is 0 Å². The molecular weight excluding hydrogens is 204 g/mol. The molecule has 13 heavy (non-hydrogen) atoms. The Morgan fingerprint density at radius 1 is 1.85 bits per heavy atom. The Kier molecular flexibility index (Phi) is 2.24. The van der Waals surface area contributed by atoms with E-state index in [1.54, 1.807) is 11.3 Å². The Hall–Kier alpha value is -0.280. The number of halogens is 1. The summed E-state index contributed by atoms with van der Waals surface area (Å²) in [7, 11) is 0. The molecule has 0 saturated heterocycles. The van der Waals surface area contributed by atoms with Crippen LogP contribution in [0.3, 0.4) is 0 Å². The van der Waals surface area contributed by atoms with Crippen LogP contribution in [0.4, 0.5) is 5.13 Å². The minimum Gasteiger partial charge on any atom is -0.358 e.